The quantitative estimate of drug-likeness (QED) is 0.0737. The summed E-state index contributed by atoms with van der Waals surface area (Å²) in [7, 11) is 0. The third-order valence-corrected chi connectivity index (χ3v) is 9.30. The third-order valence-electron chi connectivity index (χ3n) is 9.30. The van der Waals surface area contributed by atoms with Gasteiger partial charge in [0, 0.05) is 40.2 Å². The van der Waals surface area contributed by atoms with Crippen molar-refractivity contribution in [2.45, 2.75) is 47.5 Å². The van der Waals surface area contributed by atoms with E-state index < -0.39 is 0 Å². The van der Waals surface area contributed by atoms with Crippen molar-refractivity contribution in [3.63, 3.8) is 0 Å². The summed E-state index contributed by atoms with van der Waals surface area (Å²) in [5, 5.41) is 0. The zero-order valence-electron chi connectivity index (χ0n) is 30.3. The Hall–Kier alpha value is -5.87. The van der Waals surface area contributed by atoms with Gasteiger partial charge in [-0.2, -0.15) is 0 Å². The smallest absolute Gasteiger partial charge is 0.330 e. The lowest BCUT2D eigenvalue weighted by Gasteiger charge is -2.28. The molecular weight excluding hydrogens is 625 g/mol. The highest BCUT2D eigenvalue weighted by Gasteiger charge is 2.18. The number of nitrogens with zero attached hydrogens (tertiary/aromatic N) is 2. The number of hydrogen-bond donors (Lipinski definition) is 0. The predicted octanol–water partition coefficient (Wildman–Crippen LogP) is 12.5. The fourth-order valence-corrected chi connectivity index (χ4v) is 6.43. The van der Waals surface area contributed by atoms with Gasteiger partial charge in [0.15, 0.2) is 0 Å². The zero-order chi connectivity index (χ0) is 35.9. The van der Waals surface area contributed by atoms with Crippen LogP contribution in [0.5, 0.6) is 0 Å². The van der Waals surface area contributed by atoms with Crippen molar-refractivity contribution in [2.24, 2.45) is 0 Å². The molecule has 51 heavy (non-hydrogen) atoms. The molecule has 0 saturated carbocycles. The van der Waals surface area contributed by atoms with Gasteiger partial charge in [0.2, 0.25) is 0 Å². The summed E-state index contributed by atoms with van der Waals surface area (Å²) >= 11 is 0. The first-order valence-corrected chi connectivity index (χ1v) is 17.6. The lowest BCUT2D eigenvalue weighted by Crippen LogP contribution is -2.12. The molecule has 0 aliphatic rings. The highest BCUT2D eigenvalue weighted by Crippen LogP contribution is 2.41. The van der Waals surface area contributed by atoms with Gasteiger partial charge in [0.1, 0.15) is 0 Å². The van der Waals surface area contributed by atoms with Crippen LogP contribution < -0.4 is 9.80 Å². The molecule has 6 rings (SSSR count). The largest absolute Gasteiger partial charge is 0.463 e. The summed E-state index contributed by atoms with van der Waals surface area (Å²) in [6.07, 6.45) is 2.79. The number of anilines is 6. The van der Waals surface area contributed by atoms with E-state index in [0.717, 1.165) is 47.0 Å². The van der Waals surface area contributed by atoms with Crippen molar-refractivity contribution in [3.8, 4) is 11.1 Å². The molecule has 0 N–H and O–H groups in total. The average Bonchev–Trinajstić information content (AvgIpc) is 3.14. The molecule has 4 nitrogen and oxygen atoms in total. The summed E-state index contributed by atoms with van der Waals surface area (Å²) in [5.74, 6) is -0.379. The molecule has 0 bridgehead atoms. The van der Waals surface area contributed by atoms with E-state index in [0.29, 0.717) is 6.61 Å². The zero-order valence-corrected chi connectivity index (χ0v) is 30.3. The van der Waals surface area contributed by atoms with Gasteiger partial charge in [-0.05, 0) is 148 Å². The number of carbonyl (C=O) groups excluding carboxylic acids is 1. The van der Waals surface area contributed by atoms with Gasteiger partial charge >= 0.3 is 5.97 Å². The third kappa shape index (κ3) is 8.30. The first kappa shape index (κ1) is 35.0. The van der Waals surface area contributed by atoms with Crippen LogP contribution in [0.4, 0.5) is 34.1 Å². The number of carbonyl (C=O) groups is 1. The van der Waals surface area contributed by atoms with Crippen LogP contribution in [0.25, 0.3) is 11.1 Å². The van der Waals surface area contributed by atoms with Crippen molar-refractivity contribution >= 4 is 40.1 Å². The Kier molecular flexibility index (Phi) is 10.8. The minimum atomic E-state index is -0.379. The molecule has 0 radical (unpaired) electrons. The van der Waals surface area contributed by atoms with Gasteiger partial charge in [-0.15, -0.1) is 0 Å². The monoisotopic (exact) mass is 670 g/mol. The van der Waals surface area contributed by atoms with Gasteiger partial charge in [0.25, 0.3) is 0 Å². The van der Waals surface area contributed by atoms with Crippen LogP contribution in [-0.4, -0.2) is 12.6 Å². The molecule has 6 aromatic rings. The van der Waals surface area contributed by atoms with E-state index in [1.54, 1.807) is 0 Å². The second kappa shape index (κ2) is 15.8. The first-order chi connectivity index (χ1) is 24.7. The standard InChI is InChI=1S/C47H46N2O2/c1-7-47(50)51-30-8-9-38-16-26-44(27-17-38)49(43-24-14-35(4)15-25-43)46-29-19-40(32-37(46)6)39-18-28-45(36(5)31-39)48(41-20-10-33(2)11-21-41)42-22-12-34(3)13-23-42/h7,10-29,31-32H,1,8-9,30H2,2-6H3. The van der Waals surface area contributed by atoms with Gasteiger partial charge in [0.05, 0.1) is 6.61 Å². The molecule has 0 heterocycles. The lowest BCUT2D eigenvalue weighted by atomic mass is 9.98. The molecule has 0 aromatic heterocycles. The van der Waals surface area contributed by atoms with E-state index in [1.165, 1.54) is 50.6 Å². The molecular formula is C47H46N2O2. The number of hydrogen-bond acceptors (Lipinski definition) is 4. The van der Waals surface area contributed by atoms with Crippen molar-refractivity contribution < 1.29 is 9.53 Å². The number of benzene rings is 6. The molecule has 256 valence electrons. The Labute approximate surface area is 303 Å². The van der Waals surface area contributed by atoms with Crippen molar-refractivity contribution in [2.75, 3.05) is 16.4 Å². The van der Waals surface area contributed by atoms with E-state index in [1.807, 2.05) is 0 Å². The predicted molar refractivity (Wildman–Crippen MR) is 214 cm³/mol. The van der Waals surface area contributed by atoms with Crippen LogP contribution in [0.1, 0.15) is 39.8 Å². The summed E-state index contributed by atoms with van der Waals surface area (Å²) in [6, 6.07) is 48.4. The van der Waals surface area contributed by atoms with Crippen LogP contribution >= 0.6 is 0 Å². The normalized spacial score (nSPS) is 10.8. The molecule has 0 spiro atoms. The molecule has 0 saturated heterocycles. The Morgan fingerprint density at radius 2 is 0.922 bits per heavy atom. The van der Waals surface area contributed by atoms with E-state index in [4.69, 9.17) is 4.74 Å². The van der Waals surface area contributed by atoms with Crippen molar-refractivity contribution in [3.05, 3.63) is 179 Å². The van der Waals surface area contributed by atoms with Gasteiger partial charge in [-0.1, -0.05) is 83.9 Å². The Morgan fingerprint density at radius 3 is 1.27 bits per heavy atom. The molecule has 0 unspecified atom stereocenters. The number of esters is 1. The molecule has 0 atom stereocenters. The number of rotatable bonds is 12. The maximum Gasteiger partial charge on any atom is 0.330 e. The average molecular weight is 671 g/mol. The summed E-state index contributed by atoms with van der Waals surface area (Å²) in [4.78, 5) is 16.0. The minimum absolute atomic E-state index is 0.379. The molecule has 6 aromatic carbocycles. The summed E-state index contributed by atoms with van der Waals surface area (Å²) < 4.78 is 5.15. The Bertz CT molecular complexity index is 2070. The van der Waals surface area contributed by atoms with E-state index in [9.17, 15) is 4.79 Å². The summed E-state index contributed by atoms with van der Waals surface area (Å²) in [5.41, 5.74) is 16.4. The lowest BCUT2D eigenvalue weighted by molar-refractivity contribution is -0.137. The van der Waals surface area contributed by atoms with Gasteiger partial charge < -0.3 is 14.5 Å². The van der Waals surface area contributed by atoms with Gasteiger partial charge in [-0.3, -0.25) is 0 Å². The van der Waals surface area contributed by atoms with Crippen LogP contribution in [0.2, 0.25) is 0 Å². The van der Waals surface area contributed by atoms with Crippen molar-refractivity contribution in [1.82, 2.24) is 0 Å². The van der Waals surface area contributed by atoms with Crippen LogP contribution in [0.15, 0.2) is 146 Å². The Morgan fingerprint density at radius 1 is 0.549 bits per heavy atom. The molecule has 0 amide bonds. The second-order valence-electron chi connectivity index (χ2n) is 13.3. The highest BCUT2D eigenvalue weighted by molar-refractivity contribution is 5.83. The van der Waals surface area contributed by atoms with Crippen molar-refractivity contribution in [1.29, 1.82) is 0 Å². The molecule has 0 aliphatic carbocycles. The maximum absolute atomic E-state index is 11.4. The van der Waals surface area contributed by atoms with E-state index in [2.05, 4.69) is 184 Å². The maximum atomic E-state index is 11.4. The SMILES string of the molecule is C=CC(=O)OCCCc1ccc(N(c2ccc(C)cc2)c2ccc(-c3ccc(N(c4ccc(C)cc4)c4ccc(C)cc4)c(C)c3)cc2C)cc1. The van der Waals surface area contributed by atoms with Gasteiger partial charge in [-0.25, -0.2) is 4.79 Å². The second-order valence-corrected chi connectivity index (χ2v) is 13.3. The molecule has 0 aliphatic heterocycles. The minimum Gasteiger partial charge on any atom is -0.463 e. The van der Waals surface area contributed by atoms with Crippen LogP contribution in [0, 0.1) is 34.6 Å². The fraction of sp³-hybridized carbons (Fsp3) is 0.170. The molecule has 0 fully saturated rings. The number of aryl methyl sites for hydroxylation is 6. The van der Waals surface area contributed by atoms with E-state index in [-0.39, 0.29) is 5.97 Å². The van der Waals surface area contributed by atoms with Crippen LogP contribution in [-0.2, 0) is 16.0 Å². The first-order valence-electron chi connectivity index (χ1n) is 17.6. The van der Waals surface area contributed by atoms with Crippen LogP contribution in [0.3, 0.4) is 0 Å². The fourth-order valence-electron chi connectivity index (χ4n) is 6.43. The molecule has 4 heteroatoms. The highest BCUT2D eigenvalue weighted by atomic mass is 16.5. The topological polar surface area (TPSA) is 32.8 Å². The number of ether oxygens (including phenoxy) is 1. The van der Waals surface area contributed by atoms with E-state index >= 15 is 0 Å². The summed E-state index contributed by atoms with van der Waals surface area (Å²) in [6.45, 7) is 14.6. The Balaban J connectivity index is 1.30.